The molecule has 0 amide bonds. The molecule has 8 rings (SSSR count). The van der Waals surface area contributed by atoms with E-state index in [0.717, 1.165) is 43.5 Å². The zero-order chi connectivity index (χ0) is 27.7. The maximum Gasteiger partial charge on any atom is 0.227 e. The Balaban J connectivity index is 1.15. The minimum absolute atomic E-state index is 0.154. The molecule has 3 unspecified atom stereocenters. The van der Waals surface area contributed by atoms with Gasteiger partial charge in [0.05, 0.1) is 22.9 Å². The van der Waals surface area contributed by atoms with Gasteiger partial charge in [0.1, 0.15) is 12.2 Å². The molecule has 1 N–H and O–H groups in total. The molecule has 6 fully saturated rings. The Morgan fingerprint density at radius 1 is 1.12 bits per heavy atom. The average Bonchev–Trinajstić information content (AvgIpc) is 3.67. The van der Waals surface area contributed by atoms with Gasteiger partial charge in [-0.05, 0) is 86.2 Å². The molecule has 7 nitrogen and oxygen atoms in total. The Labute approximate surface area is 250 Å². The van der Waals surface area contributed by atoms with E-state index in [2.05, 4.69) is 53.7 Å². The van der Waals surface area contributed by atoms with Crippen molar-refractivity contribution in [2.24, 2.45) is 40.4 Å². The number of fused-ring (bicyclic) bond motifs is 8. The third kappa shape index (κ3) is 3.03. The highest BCUT2D eigenvalue weighted by Crippen LogP contribution is 2.75. The van der Waals surface area contributed by atoms with E-state index in [1.165, 1.54) is 29.7 Å². The Morgan fingerprint density at radius 3 is 2.65 bits per heavy atom. The average molecular weight is 638 g/mol. The highest BCUT2D eigenvalue weighted by Gasteiger charge is 2.81. The van der Waals surface area contributed by atoms with Crippen molar-refractivity contribution in [3.05, 3.63) is 23.0 Å². The summed E-state index contributed by atoms with van der Waals surface area (Å²) in [6.07, 6.45) is 10.7. The van der Waals surface area contributed by atoms with Crippen LogP contribution in [0.2, 0.25) is 0 Å². The van der Waals surface area contributed by atoms with Gasteiger partial charge < -0.3 is 24.1 Å². The molecule has 3 heterocycles. The summed E-state index contributed by atoms with van der Waals surface area (Å²) >= 11 is 11.6. The Kier molecular flexibility index (Phi) is 5.96. The van der Waals surface area contributed by atoms with Gasteiger partial charge in [0.25, 0.3) is 0 Å². The number of aliphatic hydroxyl groups excluding tert-OH is 1. The van der Waals surface area contributed by atoms with Gasteiger partial charge in [-0.3, -0.25) is 4.68 Å². The maximum atomic E-state index is 12.3. The van der Waals surface area contributed by atoms with E-state index in [9.17, 15) is 5.11 Å². The summed E-state index contributed by atoms with van der Waals surface area (Å²) in [5, 5.41) is 18.2. The monoisotopic (exact) mass is 636 g/mol. The van der Waals surface area contributed by atoms with E-state index >= 15 is 0 Å². The SMILES string of the molecule is C[C@@H]1C[C@H]2[C@@H]3CCC4=Cc5c(cnn5CC5CCC5CBr)C[C@]4(C)[C@@]3(Cl)[C@@H](O)C[C@]2(C)[C@]12OCOC21COCO1. The predicted octanol–water partition coefficient (Wildman–Crippen LogP) is 5.51. The second kappa shape index (κ2) is 8.80. The number of halogens is 2. The van der Waals surface area contributed by atoms with Crippen molar-refractivity contribution in [3.8, 4) is 0 Å². The van der Waals surface area contributed by atoms with Crippen molar-refractivity contribution >= 4 is 33.6 Å². The number of hydrogen-bond donors (Lipinski definition) is 1. The van der Waals surface area contributed by atoms with Crippen molar-refractivity contribution in [1.82, 2.24) is 9.78 Å². The van der Waals surface area contributed by atoms with E-state index in [4.69, 9.17) is 35.6 Å². The van der Waals surface area contributed by atoms with Gasteiger partial charge in [0.15, 0.2) is 13.6 Å². The lowest BCUT2D eigenvalue weighted by molar-refractivity contribution is -0.264. The second-order valence-electron chi connectivity index (χ2n) is 14.5. The zero-order valence-electron chi connectivity index (χ0n) is 23.8. The number of aromatic nitrogens is 2. The molecule has 40 heavy (non-hydrogen) atoms. The van der Waals surface area contributed by atoms with Gasteiger partial charge in [-0.15, -0.1) is 11.6 Å². The highest BCUT2D eigenvalue weighted by atomic mass is 79.9. The zero-order valence-corrected chi connectivity index (χ0v) is 26.2. The fraction of sp³-hybridized carbons (Fsp3) is 0.839. The van der Waals surface area contributed by atoms with E-state index < -0.39 is 22.4 Å². The molecule has 2 spiro atoms. The van der Waals surface area contributed by atoms with Crippen LogP contribution in [0.15, 0.2) is 11.8 Å². The fourth-order valence-corrected chi connectivity index (χ4v) is 12.5. The third-order valence-corrected chi connectivity index (χ3v) is 15.0. The summed E-state index contributed by atoms with van der Waals surface area (Å²) in [7, 11) is 0. The van der Waals surface area contributed by atoms with E-state index in [1.807, 2.05) is 0 Å². The van der Waals surface area contributed by atoms with Crippen LogP contribution in [-0.2, 0) is 31.9 Å². The lowest BCUT2D eigenvalue weighted by atomic mass is 9.44. The van der Waals surface area contributed by atoms with Crippen LogP contribution in [0.3, 0.4) is 0 Å². The van der Waals surface area contributed by atoms with Gasteiger partial charge in [-0.2, -0.15) is 5.10 Å². The lowest BCUT2D eigenvalue weighted by Crippen LogP contribution is -2.71. The molecule has 5 aliphatic carbocycles. The molecule has 4 saturated carbocycles. The first-order chi connectivity index (χ1) is 19.1. The number of ether oxygens (including phenoxy) is 4. The molecule has 0 bridgehead atoms. The molecule has 2 saturated heterocycles. The van der Waals surface area contributed by atoms with Gasteiger partial charge in [-0.1, -0.05) is 42.3 Å². The molecule has 0 aromatic carbocycles. The van der Waals surface area contributed by atoms with Crippen LogP contribution in [0.5, 0.6) is 0 Å². The number of allylic oxidation sites excluding steroid dienone is 1. The van der Waals surface area contributed by atoms with Crippen LogP contribution in [0.1, 0.15) is 70.6 Å². The van der Waals surface area contributed by atoms with E-state index in [1.54, 1.807) is 0 Å². The number of aliphatic hydroxyl groups is 1. The normalized spacial score (nSPS) is 52.7. The summed E-state index contributed by atoms with van der Waals surface area (Å²) in [4.78, 5) is -0.763. The smallest absolute Gasteiger partial charge is 0.227 e. The van der Waals surface area contributed by atoms with Crippen molar-refractivity contribution in [3.63, 3.8) is 0 Å². The molecule has 1 aromatic rings. The Morgan fingerprint density at radius 2 is 1.93 bits per heavy atom. The number of hydrogen-bond acceptors (Lipinski definition) is 6. The van der Waals surface area contributed by atoms with Crippen LogP contribution < -0.4 is 0 Å². The van der Waals surface area contributed by atoms with E-state index in [0.29, 0.717) is 18.9 Å². The molecular weight excluding hydrogens is 596 g/mol. The summed E-state index contributed by atoms with van der Waals surface area (Å²) < 4.78 is 27.0. The molecule has 2 aliphatic heterocycles. The minimum Gasteiger partial charge on any atom is -0.391 e. The highest BCUT2D eigenvalue weighted by molar-refractivity contribution is 9.09. The van der Waals surface area contributed by atoms with Gasteiger partial charge in [-0.25, -0.2) is 0 Å². The summed E-state index contributed by atoms with van der Waals surface area (Å²) in [5.41, 5.74) is 2.54. The largest absolute Gasteiger partial charge is 0.391 e. The van der Waals surface area contributed by atoms with Crippen LogP contribution in [0.25, 0.3) is 6.08 Å². The molecule has 220 valence electrons. The quantitative estimate of drug-likeness (QED) is 0.441. The minimum atomic E-state index is -0.922. The van der Waals surface area contributed by atoms with Crippen LogP contribution in [0.4, 0.5) is 0 Å². The first kappa shape index (κ1) is 27.1. The lowest BCUT2D eigenvalue weighted by Gasteiger charge is -2.65. The predicted molar refractivity (Wildman–Crippen MR) is 154 cm³/mol. The van der Waals surface area contributed by atoms with Gasteiger partial charge in [0, 0.05) is 22.7 Å². The van der Waals surface area contributed by atoms with Gasteiger partial charge >= 0.3 is 0 Å². The Bertz CT molecular complexity index is 1240. The van der Waals surface area contributed by atoms with Crippen molar-refractivity contribution in [1.29, 1.82) is 0 Å². The molecule has 11 atom stereocenters. The molecule has 0 radical (unpaired) electrons. The summed E-state index contributed by atoms with van der Waals surface area (Å²) in [6.45, 7) is 8.64. The van der Waals surface area contributed by atoms with Crippen LogP contribution >= 0.6 is 27.5 Å². The maximum absolute atomic E-state index is 12.3. The summed E-state index contributed by atoms with van der Waals surface area (Å²) in [6, 6.07) is 0. The van der Waals surface area contributed by atoms with Crippen molar-refractivity contribution < 1.29 is 24.1 Å². The first-order valence-corrected chi connectivity index (χ1v) is 16.8. The molecule has 1 aromatic heterocycles. The fourth-order valence-electron chi connectivity index (χ4n) is 11.1. The second-order valence-corrected chi connectivity index (χ2v) is 15.7. The van der Waals surface area contributed by atoms with Crippen molar-refractivity contribution in [2.45, 2.75) is 94.6 Å². The number of nitrogens with zero attached hydrogens (tertiary/aromatic N) is 2. The van der Waals surface area contributed by atoms with Gasteiger partial charge in [0.2, 0.25) is 5.79 Å². The van der Waals surface area contributed by atoms with Crippen molar-refractivity contribution in [2.75, 3.05) is 25.5 Å². The number of alkyl halides is 2. The topological polar surface area (TPSA) is 75.0 Å². The summed E-state index contributed by atoms with van der Waals surface area (Å²) in [5.74, 6) is 1.15. The molecular formula is C31H42BrClN2O5. The molecule has 9 heteroatoms. The Hall–Kier alpha value is -0.480. The first-order valence-electron chi connectivity index (χ1n) is 15.3. The van der Waals surface area contributed by atoms with Crippen LogP contribution in [0, 0.1) is 40.4 Å². The standard InChI is InChI=1S/C31H42BrClN2O5/c1-18-8-24-23-7-6-22-9-25-21(13-34-35(25)14-20-5-4-19(20)12-32)10-27(22,2)30(23,33)26(36)11-28(24,3)31(18)29(39-17-40-31)15-37-16-38-29/h9,13,18-20,23-24,26,36H,4-8,10-12,14-17H2,1-3H3/t18-,19?,20?,23+,24+,26+,27+,28+,29?,30+,31-/m1/s1. The molecule has 7 aliphatic rings. The number of rotatable bonds is 3. The third-order valence-electron chi connectivity index (χ3n) is 13.2. The van der Waals surface area contributed by atoms with Crippen LogP contribution in [-0.4, -0.2) is 62.8 Å². The van der Waals surface area contributed by atoms with E-state index in [-0.39, 0.29) is 42.2 Å².